The molecule has 0 radical (unpaired) electrons. The molecule has 0 fully saturated rings. The lowest BCUT2D eigenvalue weighted by molar-refractivity contribution is 0.587. The number of nitrogens with two attached hydrogens (primary N) is 1. The molecule has 0 saturated carbocycles. The first kappa shape index (κ1) is 7.28. The molecule has 1 heterocycles. The van der Waals surface area contributed by atoms with Crippen molar-refractivity contribution in [3.05, 3.63) is 18.2 Å². The zero-order valence-corrected chi connectivity index (χ0v) is 6.33. The number of nitrogens with zero attached hydrogens (tertiary/aromatic N) is 1. The van der Waals surface area contributed by atoms with Crippen molar-refractivity contribution in [3.8, 4) is 0 Å². The molecule has 0 aromatic carbocycles. The van der Waals surface area contributed by atoms with Crippen molar-refractivity contribution in [2.24, 2.45) is 5.73 Å². The fraction of sp³-hybridized carbons (Fsp3) is 0.571. The smallest absolute Gasteiger partial charge is 0.110 e. The van der Waals surface area contributed by atoms with Gasteiger partial charge in [-0.05, 0) is 6.92 Å². The molecule has 10 heavy (non-hydrogen) atoms. The molecule has 56 valence electrons. The molecule has 3 nitrogen and oxygen atoms in total. The predicted molar refractivity (Wildman–Crippen MR) is 40.7 cm³/mol. The molecule has 1 aromatic rings. The lowest BCUT2D eigenvalue weighted by Gasteiger charge is -2.11. The van der Waals surface area contributed by atoms with Crippen molar-refractivity contribution in [1.29, 1.82) is 0 Å². The quantitative estimate of drug-likeness (QED) is 0.638. The summed E-state index contributed by atoms with van der Waals surface area (Å²) in [5, 5.41) is 0. The minimum atomic E-state index is 0.158. The number of imidazole rings is 1. The molecule has 1 aromatic heterocycles. The van der Waals surface area contributed by atoms with E-state index in [9.17, 15) is 0 Å². The van der Waals surface area contributed by atoms with Crippen LogP contribution < -0.4 is 5.73 Å². The second-order valence-corrected chi connectivity index (χ2v) is 2.62. The summed E-state index contributed by atoms with van der Waals surface area (Å²) >= 11 is 0. The van der Waals surface area contributed by atoms with Gasteiger partial charge in [0, 0.05) is 24.4 Å². The van der Waals surface area contributed by atoms with Crippen LogP contribution in [0.25, 0.3) is 0 Å². The Kier molecular flexibility index (Phi) is 2.06. The third-order valence-corrected chi connectivity index (χ3v) is 1.74. The van der Waals surface area contributed by atoms with E-state index in [4.69, 9.17) is 5.73 Å². The first-order valence-electron chi connectivity index (χ1n) is 3.46. The van der Waals surface area contributed by atoms with Gasteiger partial charge in [0.2, 0.25) is 0 Å². The Balaban J connectivity index is 2.68. The highest BCUT2D eigenvalue weighted by Gasteiger charge is 2.11. The highest BCUT2D eigenvalue weighted by molar-refractivity contribution is 4.97. The van der Waals surface area contributed by atoms with Crippen LogP contribution in [0.3, 0.4) is 0 Å². The van der Waals surface area contributed by atoms with E-state index in [1.807, 2.05) is 13.1 Å². The lowest BCUT2D eigenvalue weighted by Crippen LogP contribution is -2.23. The summed E-state index contributed by atoms with van der Waals surface area (Å²) in [6.45, 7) is 4.04. The molecule has 1 rings (SSSR count). The predicted octanol–water partition coefficient (Wildman–Crippen LogP) is 0.860. The number of hydrogen-bond acceptors (Lipinski definition) is 2. The van der Waals surface area contributed by atoms with E-state index in [0.717, 1.165) is 5.82 Å². The van der Waals surface area contributed by atoms with Crippen molar-refractivity contribution >= 4 is 0 Å². The van der Waals surface area contributed by atoms with Gasteiger partial charge in [0.15, 0.2) is 0 Å². The number of aromatic amines is 1. The third kappa shape index (κ3) is 1.36. The van der Waals surface area contributed by atoms with Gasteiger partial charge in [-0.15, -0.1) is 0 Å². The Morgan fingerprint density at radius 1 is 1.60 bits per heavy atom. The van der Waals surface area contributed by atoms with Gasteiger partial charge in [-0.25, -0.2) is 4.98 Å². The number of aromatic nitrogens is 2. The van der Waals surface area contributed by atoms with Gasteiger partial charge in [0.1, 0.15) is 5.82 Å². The molecule has 0 unspecified atom stereocenters. The SMILES string of the molecule is C[C@H](N)[C@@H](C)c1ncc[nH]1. The van der Waals surface area contributed by atoms with Crippen molar-refractivity contribution in [3.63, 3.8) is 0 Å². The molecule has 0 bridgehead atoms. The maximum Gasteiger partial charge on any atom is 0.110 e. The Hall–Kier alpha value is -0.830. The Morgan fingerprint density at radius 2 is 2.30 bits per heavy atom. The van der Waals surface area contributed by atoms with Gasteiger partial charge in [-0.2, -0.15) is 0 Å². The van der Waals surface area contributed by atoms with E-state index in [2.05, 4.69) is 16.9 Å². The summed E-state index contributed by atoms with van der Waals surface area (Å²) in [6.07, 6.45) is 3.56. The van der Waals surface area contributed by atoms with Gasteiger partial charge >= 0.3 is 0 Å². The summed E-state index contributed by atoms with van der Waals surface area (Å²) in [5.74, 6) is 1.28. The summed E-state index contributed by atoms with van der Waals surface area (Å²) in [7, 11) is 0. The van der Waals surface area contributed by atoms with Crippen LogP contribution in [-0.4, -0.2) is 16.0 Å². The summed E-state index contributed by atoms with van der Waals surface area (Å²) < 4.78 is 0. The summed E-state index contributed by atoms with van der Waals surface area (Å²) in [4.78, 5) is 7.13. The Bertz CT molecular complexity index is 179. The van der Waals surface area contributed by atoms with E-state index < -0.39 is 0 Å². The maximum atomic E-state index is 5.67. The van der Waals surface area contributed by atoms with Gasteiger partial charge in [-0.3, -0.25) is 0 Å². The van der Waals surface area contributed by atoms with Crippen LogP contribution in [0.2, 0.25) is 0 Å². The lowest BCUT2D eigenvalue weighted by atomic mass is 10.0. The third-order valence-electron chi connectivity index (χ3n) is 1.74. The monoisotopic (exact) mass is 139 g/mol. The molecule has 0 saturated heterocycles. The Morgan fingerprint density at radius 3 is 2.70 bits per heavy atom. The van der Waals surface area contributed by atoms with E-state index in [-0.39, 0.29) is 6.04 Å². The van der Waals surface area contributed by atoms with Gasteiger partial charge in [-0.1, -0.05) is 6.92 Å². The van der Waals surface area contributed by atoms with Gasteiger partial charge < -0.3 is 10.7 Å². The molecule has 0 spiro atoms. The van der Waals surface area contributed by atoms with Crippen LogP contribution in [0.1, 0.15) is 25.6 Å². The zero-order valence-electron chi connectivity index (χ0n) is 6.33. The standard InChI is InChI=1S/C7H13N3/c1-5(6(2)8)7-9-3-4-10-7/h3-6H,8H2,1-2H3,(H,9,10)/t5-,6+/m1/s1. The second-order valence-electron chi connectivity index (χ2n) is 2.62. The van der Waals surface area contributed by atoms with Crippen LogP contribution in [-0.2, 0) is 0 Å². The number of nitrogens with one attached hydrogen (secondary N) is 1. The van der Waals surface area contributed by atoms with Crippen molar-refractivity contribution in [1.82, 2.24) is 9.97 Å². The van der Waals surface area contributed by atoms with E-state index >= 15 is 0 Å². The molecule has 3 heteroatoms. The minimum Gasteiger partial charge on any atom is -0.348 e. The number of hydrogen-bond donors (Lipinski definition) is 2. The first-order chi connectivity index (χ1) is 4.72. The van der Waals surface area contributed by atoms with Crippen molar-refractivity contribution < 1.29 is 0 Å². The van der Waals surface area contributed by atoms with E-state index in [1.165, 1.54) is 0 Å². The molecule has 2 atom stereocenters. The maximum absolute atomic E-state index is 5.67. The molecular weight excluding hydrogens is 126 g/mol. The molecule has 3 N–H and O–H groups in total. The van der Waals surface area contributed by atoms with E-state index in [1.54, 1.807) is 6.20 Å². The van der Waals surface area contributed by atoms with Gasteiger partial charge in [0.05, 0.1) is 0 Å². The number of rotatable bonds is 2. The number of H-pyrrole nitrogens is 1. The fourth-order valence-electron chi connectivity index (χ4n) is 0.776. The zero-order chi connectivity index (χ0) is 7.56. The summed E-state index contributed by atoms with van der Waals surface area (Å²) in [5.41, 5.74) is 5.67. The van der Waals surface area contributed by atoms with Crippen molar-refractivity contribution in [2.45, 2.75) is 25.8 Å². The molecule has 0 aliphatic rings. The van der Waals surface area contributed by atoms with E-state index in [0.29, 0.717) is 5.92 Å². The first-order valence-corrected chi connectivity index (χ1v) is 3.46. The van der Waals surface area contributed by atoms with Crippen LogP contribution in [0.5, 0.6) is 0 Å². The van der Waals surface area contributed by atoms with Crippen LogP contribution in [0.4, 0.5) is 0 Å². The molecule has 0 aliphatic carbocycles. The van der Waals surface area contributed by atoms with Gasteiger partial charge in [0.25, 0.3) is 0 Å². The minimum absolute atomic E-state index is 0.158. The highest BCUT2D eigenvalue weighted by atomic mass is 14.9. The topological polar surface area (TPSA) is 54.7 Å². The average molecular weight is 139 g/mol. The van der Waals surface area contributed by atoms with Crippen LogP contribution in [0.15, 0.2) is 12.4 Å². The molecule has 0 aliphatic heterocycles. The molecular formula is C7H13N3. The van der Waals surface area contributed by atoms with Crippen LogP contribution >= 0.6 is 0 Å². The Labute approximate surface area is 60.7 Å². The second kappa shape index (κ2) is 2.84. The largest absolute Gasteiger partial charge is 0.348 e. The summed E-state index contributed by atoms with van der Waals surface area (Å²) in [6, 6.07) is 0.158. The van der Waals surface area contributed by atoms with Crippen molar-refractivity contribution in [2.75, 3.05) is 0 Å². The highest BCUT2D eigenvalue weighted by Crippen LogP contribution is 2.11. The molecule has 0 amide bonds. The van der Waals surface area contributed by atoms with Crippen LogP contribution in [0, 0.1) is 0 Å². The fourth-order valence-corrected chi connectivity index (χ4v) is 0.776. The normalized spacial score (nSPS) is 16.7. The average Bonchev–Trinajstić information content (AvgIpc) is 2.36.